The van der Waals surface area contributed by atoms with Gasteiger partial charge in [-0.2, -0.15) is 0 Å². The molecular formula is C23H20BrN5OS. The summed E-state index contributed by atoms with van der Waals surface area (Å²) in [6.45, 7) is 3.97. The highest BCUT2D eigenvalue weighted by atomic mass is 79.9. The molecule has 4 aromatic rings. The van der Waals surface area contributed by atoms with Crippen molar-refractivity contribution in [3.8, 4) is 17.1 Å². The molecule has 1 amide bonds. The van der Waals surface area contributed by atoms with E-state index in [0.29, 0.717) is 11.0 Å². The summed E-state index contributed by atoms with van der Waals surface area (Å²) in [5.74, 6) is 0.805. The number of halogens is 1. The van der Waals surface area contributed by atoms with Crippen molar-refractivity contribution in [2.75, 3.05) is 11.1 Å². The Balaban J connectivity index is 1.60. The number of carbonyl (C=O) groups is 1. The molecule has 0 radical (unpaired) electrons. The van der Waals surface area contributed by atoms with Crippen molar-refractivity contribution in [2.45, 2.75) is 19.0 Å². The van der Waals surface area contributed by atoms with Gasteiger partial charge in [0.05, 0.1) is 5.75 Å². The number of hydrogen-bond acceptors (Lipinski definition) is 5. The zero-order chi connectivity index (χ0) is 21.8. The maximum atomic E-state index is 12.7. The van der Waals surface area contributed by atoms with E-state index in [1.165, 1.54) is 11.8 Å². The van der Waals surface area contributed by atoms with Crippen molar-refractivity contribution >= 4 is 39.3 Å². The lowest BCUT2D eigenvalue weighted by atomic mass is 10.1. The normalized spacial score (nSPS) is 10.8. The molecule has 0 fully saturated rings. The number of thioether (sulfide) groups is 1. The van der Waals surface area contributed by atoms with Gasteiger partial charge in [0.15, 0.2) is 11.0 Å². The van der Waals surface area contributed by atoms with Gasteiger partial charge in [-0.25, -0.2) is 0 Å². The molecule has 0 atom stereocenters. The smallest absolute Gasteiger partial charge is 0.234 e. The molecule has 6 nitrogen and oxygen atoms in total. The molecule has 0 spiro atoms. The molecule has 31 heavy (non-hydrogen) atoms. The predicted molar refractivity (Wildman–Crippen MR) is 128 cm³/mol. The Morgan fingerprint density at radius 1 is 1.03 bits per heavy atom. The van der Waals surface area contributed by atoms with Crippen LogP contribution in [-0.4, -0.2) is 31.4 Å². The van der Waals surface area contributed by atoms with Crippen molar-refractivity contribution in [3.63, 3.8) is 0 Å². The van der Waals surface area contributed by atoms with Crippen LogP contribution in [-0.2, 0) is 4.79 Å². The summed E-state index contributed by atoms with van der Waals surface area (Å²) in [4.78, 5) is 16.9. The number of para-hydroxylation sites is 1. The maximum absolute atomic E-state index is 12.7. The molecule has 0 saturated heterocycles. The van der Waals surface area contributed by atoms with Gasteiger partial charge in [-0.05, 0) is 61.4 Å². The minimum Gasteiger partial charge on any atom is -0.325 e. The number of rotatable bonds is 6. The SMILES string of the molecule is Cc1cccc(C)c1NC(=O)CSc1nnc(-c2cccnc2)n1-c1ccc(Br)cc1. The van der Waals surface area contributed by atoms with Gasteiger partial charge in [0.1, 0.15) is 0 Å². The number of carbonyl (C=O) groups excluding carboxylic acids is 1. The van der Waals surface area contributed by atoms with E-state index in [1.807, 2.05) is 73.0 Å². The monoisotopic (exact) mass is 493 g/mol. The highest BCUT2D eigenvalue weighted by molar-refractivity contribution is 9.10. The molecule has 0 aliphatic heterocycles. The first-order valence-corrected chi connectivity index (χ1v) is 11.4. The number of nitrogens with zero attached hydrogens (tertiary/aromatic N) is 4. The predicted octanol–water partition coefficient (Wildman–Crippen LogP) is 5.44. The highest BCUT2D eigenvalue weighted by Gasteiger charge is 2.18. The summed E-state index contributed by atoms with van der Waals surface area (Å²) in [7, 11) is 0. The third-order valence-electron chi connectivity index (χ3n) is 4.72. The average Bonchev–Trinajstić information content (AvgIpc) is 3.20. The molecule has 0 aliphatic rings. The van der Waals surface area contributed by atoms with Crippen LogP contribution in [0.3, 0.4) is 0 Å². The molecule has 2 aromatic heterocycles. The molecule has 0 saturated carbocycles. The average molecular weight is 494 g/mol. The van der Waals surface area contributed by atoms with E-state index in [2.05, 4.69) is 36.4 Å². The third-order valence-corrected chi connectivity index (χ3v) is 6.17. The van der Waals surface area contributed by atoms with Gasteiger partial charge in [0.25, 0.3) is 0 Å². The number of pyridine rings is 1. The molecule has 156 valence electrons. The second kappa shape index (κ2) is 9.45. The van der Waals surface area contributed by atoms with Crippen molar-refractivity contribution in [2.24, 2.45) is 0 Å². The summed E-state index contributed by atoms with van der Waals surface area (Å²) in [5, 5.41) is 12.4. The first-order chi connectivity index (χ1) is 15.0. The molecule has 0 unspecified atom stereocenters. The lowest BCUT2D eigenvalue weighted by Crippen LogP contribution is -2.16. The number of anilines is 1. The number of aryl methyl sites for hydroxylation is 2. The summed E-state index contributed by atoms with van der Waals surface area (Å²) in [6, 6.07) is 17.6. The second-order valence-electron chi connectivity index (χ2n) is 6.96. The lowest BCUT2D eigenvalue weighted by Gasteiger charge is -2.12. The van der Waals surface area contributed by atoms with Gasteiger partial charge in [0, 0.05) is 33.8 Å². The van der Waals surface area contributed by atoms with Gasteiger partial charge in [-0.1, -0.05) is 45.9 Å². The largest absolute Gasteiger partial charge is 0.325 e. The van der Waals surface area contributed by atoms with Gasteiger partial charge in [-0.15, -0.1) is 10.2 Å². The van der Waals surface area contributed by atoms with E-state index in [-0.39, 0.29) is 11.7 Å². The van der Waals surface area contributed by atoms with Gasteiger partial charge in [-0.3, -0.25) is 14.3 Å². The quantitative estimate of drug-likeness (QED) is 0.362. The minimum absolute atomic E-state index is 0.0873. The van der Waals surface area contributed by atoms with Crippen LogP contribution in [0.15, 0.2) is 76.6 Å². The fourth-order valence-corrected chi connectivity index (χ4v) is 4.20. The zero-order valence-corrected chi connectivity index (χ0v) is 19.4. The Kier molecular flexibility index (Phi) is 6.48. The third kappa shape index (κ3) is 4.86. The minimum atomic E-state index is -0.0873. The fraction of sp³-hybridized carbons (Fsp3) is 0.130. The Labute approximate surface area is 193 Å². The standard InChI is InChI=1S/C23H20BrN5OS/c1-15-5-3-6-16(2)21(15)26-20(30)14-31-23-28-27-22(17-7-4-12-25-13-17)29(23)19-10-8-18(24)9-11-19/h3-13H,14H2,1-2H3,(H,26,30). The molecule has 2 heterocycles. The summed E-state index contributed by atoms with van der Waals surface area (Å²) in [6.07, 6.45) is 3.47. The van der Waals surface area contributed by atoms with Crippen LogP contribution in [0.1, 0.15) is 11.1 Å². The highest BCUT2D eigenvalue weighted by Crippen LogP contribution is 2.28. The summed E-state index contributed by atoms with van der Waals surface area (Å²) >= 11 is 4.82. The summed E-state index contributed by atoms with van der Waals surface area (Å²) < 4.78 is 2.93. The van der Waals surface area contributed by atoms with Gasteiger partial charge >= 0.3 is 0 Å². The van der Waals surface area contributed by atoms with E-state index in [0.717, 1.165) is 32.5 Å². The molecule has 8 heteroatoms. The van der Waals surface area contributed by atoms with Crippen LogP contribution in [0.4, 0.5) is 5.69 Å². The molecule has 4 rings (SSSR count). The molecule has 0 bridgehead atoms. The van der Waals surface area contributed by atoms with Crippen LogP contribution < -0.4 is 5.32 Å². The zero-order valence-electron chi connectivity index (χ0n) is 17.0. The van der Waals surface area contributed by atoms with Crippen molar-refractivity contribution in [3.05, 3.63) is 82.6 Å². The number of hydrogen-bond donors (Lipinski definition) is 1. The van der Waals surface area contributed by atoms with Crippen LogP contribution >= 0.6 is 27.7 Å². The summed E-state index contributed by atoms with van der Waals surface area (Å²) in [5.41, 5.74) is 4.69. The number of aromatic nitrogens is 4. The second-order valence-corrected chi connectivity index (χ2v) is 8.82. The van der Waals surface area contributed by atoms with Crippen LogP contribution in [0.2, 0.25) is 0 Å². The Hall–Kier alpha value is -2.97. The lowest BCUT2D eigenvalue weighted by molar-refractivity contribution is -0.113. The molecule has 1 N–H and O–H groups in total. The van der Waals surface area contributed by atoms with E-state index >= 15 is 0 Å². The first kappa shape index (κ1) is 21.3. The van der Waals surface area contributed by atoms with Crippen LogP contribution in [0.5, 0.6) is 0 Å². The van der Waals surface area contributed by atoms with Crippen molar-refractivity contribution < 1.29 is 4.79 Å². The Bertz CT molecular complexity index is 1190. The number of benzene rings is 2. The first-order valence-electron chi connectivity index (χ1n) is 9.63. The fourth-order valence-electron chi connectivity index (χ4n) is 3.19. The van der Waals surface area contributed by atoms with Gasteiger partial charge < -0.3 is 5.32 Å². The Morgan fingerprint density at radius 2 is 1.77 bits per heavy atom. The van der Waals surface area contributed by atoms with Gasteiger partial charge in [0.2, 0.25) is 5.91 Å². The molecule has 0 aliphatic carbocycles. The van der Waals surface area contributed by atoms with E-state index in [9.17, 15) is 4.79 Å². The van der Waals surface area contributed by atoms with Crippen LogP contribution in [0, 0.1) is 13.8 Å². The topological polar surface area (TPSA) is 72.7 Å². The van der Waals surface area contributed by atoms with E-state index in [1.54, 1.807) is 12.4 Å². The van der Waals surface area contributed by atoms with E-state index < -0.39 is 0 Å². The Morgan fingerprint density at radius 3 is 2.45 bits per heavy atom. The van der Waals surface area contributed by atoms with Crippen molar-refractivity contribution in [1.82, 2.24) is 19.7 Å². The van der Waals surface area contributed by atoms with Crippen molar-refractivity contribution in [1.29, 1.82) is 0 Å². The number of amides is 1. The maximum Gasteiger partial charge on any atom is 0.234 e. The number of nitrogens with one attached hydrogen (secondary N) is 1. The molecular weight excluding hydrogens is 474 g/mol. The molecule has 2 aromatic carbocycles. The van der Waals surface area contributed by atoms with Crippen LogP contribution in [0.25, 0.3) is 17.1 Å². The van der Waals surface area contributed by atoms with E-state index in [4.69, 9.17) is 0 Å².